The largest absolute Gasteiger partial charge is 0.125 e. The molecule has 0 heteroatoms. The molecule has 0 aliphatic heterocycles. The average molecular weight is 665 g/mol. The van der Waals surface area contributed by atoms with Crippen LogP contribution in [-0.2, 0) is 12.8 Å². The van der Waals surface area contributed by atoms with Gasteiger partial charge in [0.15, 0.2) is 0 Å². The third-order valence-corrected chi connectivity index (χ3v) is 11.8. The number of allylic oxidation sites excluding steroid dienone is 7. The molecule has 0 nitrogen and oxygen atoms in total. The lowest BCUT2D eigenvalue weighted by Gasteiger charge is -2.41. The Hall–Kier alpha value is -3.96. The maximum atomic E-state index is 6.77. The van der Waals surface area contributed by atoms with Gasteiger partial charge < -0.3 is 0 Å². The minimum Gasteiger partial charge on any atom is -0.125 e. The van der Waals surface area contributed by atoms with Crippen LogP contribution in [0.2, 0.25) is 0 Å². The molecule has 1 fully saturated rings. The van der Waals surface area contributed by atoms with Crippen molar-refractivity contribution in [2.75, 3.05) is 0 Å². The van der Waals surface area contributed by atoms with Crippen molar-refractivity contribution in [3.8, 4) is 24.7 Å². The van der Waals surface area contributed by atoms with Gasteiger partial charge >= 0.3 is 0 Å². The van der Waals surface area contributed by atoms with Crippen LogP contribution in [-0.4, -0.2) is 0 Å². The van der Waals surface area contributed by atoms with Gasteiger partial charge in [-0.05, 0) is 142 Å². The monoisotopic (exact) mass is 665 g/mol. The van der Waals surface area contributed by atoms with Gasteiger partial charge in [-0.1, -0.05) is 131 Å². The van der Waals surface area contributed by atoms with Crippen LogP contribution >= 0.6 is 0 Å². The Morgan fingerprint density at radius 2 is 1.70 bits per heavy atom. The molecule has 2 aromatic carbocycles. The first-order valence-corrected chi connectivity index (χ1v) is 18.8. The van der Waals surface area contributed by atoms with Crippen molar-refractivity contribution in [1.29, 1.82) is 0 Å². The molecule has 0 N–H and O–H groups in total. The summed E-state index contributed by atoms with van der Waals surface area (Å²) in [7, 11) is 0. The number of fused-ring (bicyclic) bond motifs is 5. The Labute approximate surface area is 307 Å². The third kappa shape index (κ3) is 9.23. The first-order chi connectivity index (χ1) is 23.6. The van der Waals surface area contributed by atoms with E-state index in [2.05, 4.69) is 126 Å². The molecule has 3 aliphatic rings. The first-order valence-electron chi connectivity index (χ1n) is 18.8. The van der Waals surface area contributed by atoms with Crippen LogP contribution in [0.1, 0.15) is 109 Å². The molecule has 2 bridgehead atoms. The zero-order chi connectivity index (χ0) is 35.7. The smallest absolute Gasteiger partial charge is 0.0423 e. The lowest BCUT2D eigenvalue weighted by Crippen LogP contribution is -2.37. The predicted octanol–water partition coefficient (Wildman–Crippen LogP) is 13.2. The summed E-state index contributed by atoms with van der Waals surface area (Å²) in [6.07, 6.45) is 27.0. The van der Waals surface area contributed by atoms with Crippen LogP contribution in [0.5, 0.6) is 0 Å². The second-order valence-corrected chi connectivity index (χ2v) is 15.2. The minimum atomic E-state index is -0.294. The molecule has 2 aromatic rings. The highest BCUT2D eigenvalue weighted by atomic mass is 14.5. The van der Waals surface area contributed by atoms with E-state index < -0.39 is 0 Å². The van der Waals surface area contributed by atoms with E-state index in [0.717, 1.165) is 56.1 Å². The number of hydrogen-bond acceptors (Lipinski definition) is 0. The molecule has 6 unspecified atom stereocenters. The van der Waals surface area contributed by atoms with Crippen molar-refractivity contribution < 1.29 is 0 Å². The Morgan fingerprint density at radius 1 is 0.980 bits per heavy atom. The van der Waals surface area contributed by atoms with Crippen LogP contribution in [0.15, 0.2) is 114 Å². The van der Waals surface area contributed by atoms with E-state index in [0.29, 0.717) is 29.6 Å². The topological polar surface area (TPSA) is 0 Å². The maximum absolute atomic E-state index is 6.77. The van der Waals surface area contributed by atoms with Gasteiger partial charge in [-0.2, -0.15) is 0 Å². The van der Waals surface area contributed by atoms with E-state index in [1.165, 1.54) is 51.8 Å². The molecule has 0 heterocycles. The van der Waals surface area contributed by atoms with Gasteiger partial charge in [-0.15, -0.1) is 18.6 Å². The SMILES string of the molecule is C.C#Cc1cc(CC(=C)CC/C2=C/C3C(C)CC(CCC(C(=C)C)C[C@]3(C#C)Cc3ccccc3)C3C=C(C)C(=C=C)C3C2)ccc1C.CC. The van der Waals surface area contributed by atoms with Gasteiger partial charge in [0.1, 0.15) is 0 Å². The molecule has 5 rings (SSSR count). The molecule has 50 heavy (non-hydrogen) atoms. The van der Waals surface area contributed by atoms with Gasteiger partial charge in [0.25, 0.3) is 0 Å². The zero-order valence-electron chi connectivity index (χ0n) is 31.4. The first kappa shape index (κ1) is 40.5. The molecule has 0 amide bonds. The minimum absolute atomic E-state index is 0. The van der Waals surface area contributed by atoms with Gasteiger partial charge in [0, 0.05) is 16.9 Å². The Balaban J connectivity index is 0.00000221. The van der Waals surface area contributed by atoms with Crippen molar-refractivity contribution in [3.63, 3.8) is 0 Å². The van der Waals surface area contributed by atoms with E-state index in [1.807, 2.05) is 13.8 Å². The molecule has 0 radical (unpaired) electrons. The second kappa shape index (κ2) is 18.3. The molecular formula is C50H64. The Morgan fingerprint density at radius 3 is 2.34 bits per heavy atom. The molecule has 0 saturated heterocycles. The van der Waals surface area contributed by atoms with Crippen molar-refractivity contribution >= 4 is 0 Å². The fourth-order valence-electron chi connectivity index (χ4n) is 9.22. The molecule has 1 saturated carbocycles. The normalized spacial score (nSPS) is 28.2. The summed E-state index contributed by atoms with van der Waals surface area (Å²) in [5.41, 5.74) is 14.5. The highest BCUT2D eigenvalue weighted by molar-refractivity contribution is 5.43. The van der Waals surface area contributed by atoms with Gasteiger partial charge in [-0.3, -0.25) is 0 Å². The van der Waals surface area contributed by atoms with E-state index in [1.54, 1.807) is 0 Å². The third-order valence-electron chi connectivity index (χ3n) is 11.8. The van der Waals surface area contributed by atoms with Crippen LogP contribution in [0.25, 0.3) is 0 Å². The molecule has 0 spiro atoms. The molecule has 7 atom stereocenters. The molecule has 264 valence electrons. The zero-order valence-corrected chi connectivity index (χ0v) is 31.4. The summed E-state index contributed by atoms with van der Waals surface area (Å²) < 4.78 is 0. The van der Waals surface area contributed by atoms with Crippen LogP contribution in [0, 0.1) is 72.5 Å². The summed E-state index contributed by atoms with van der Waals surface area (Å²) in [6.45, 7) is 26.3. The number of rotatable bonds is 8. The summed E-state index contributed by atoms with van der Waals surface area (Å²) in [6, 6.07) is 17.4. The number of benzene rings is 2. The number of aryl methyl sites for hydroxylation is 1. The number of hydrogen-bond donors (Lipinski definition) is 0. The fraction of sp³-hybridized carbons (Fsp3) is 0.460. The lowest BCUT2D eigenvalue weighted by molar-refractivity contribution is 0.168. The van der Waals surface area contributed by atoms with Crippen LogP contribution in [0.4, 0.5) is 0 Å². The van der Waals surface area contributed by atoms with Crippen molar-refractivity contribution in [1.82, 2.24) is 0 Å². The van der Waals surface area contributed by atoms with E-state index in [9.17, 15) is 0 Å². The summed E-state index contributed by atoms with van der Waals surface area (Å²) in [5.74, 6) is 9.01. The van der Waals surface area contributed by atoms with E-state index in [4.69, 9.17) is 12.8 Å². The number of terminal acetylenes is 2. The molecule has 0 aromatic heterocycles. The van der Waals surface area contributed by atoms with Gasteiger partial charge in [-0.25, -0.2) is 0 Å². The van der Waals surface area contributed by atoms with Gasteiger partial charge in [0.05, 0.1) is 0 Å². The van der Waals surface area contributed by atoms with Crippen molar-refractivity contribution in [3.05, 3.63) is 136 Å². The van der Waals surface area contributed by atoms with Crippen LogP contribution in [0.3, 0.4) is 0 Å². The summed E-state index contributed by atoms with van der Waals surface area (Å²) in [5, 5.41) is 0. The quantitative estimate of drug-likeness (QED) is 0.150. The van der Waals surface area contributed by atoms with E-state index >= 15 is 0 Å². The van der Waals surface area contributed by atoms with Crippen molar-refractivity contribution in [2.45, 2.75) is 107 Å². The highest BCUT2D eigenvalue weighted by Gasteiger charge is 2.46. The fourth-order valence-corrected chi connectivity index (χ4v) is 9.22. The Bertz CT molecular complexity index is 1690. The standard InChI is InChI=1S/C47H54.C2H6.CH4/c1-10-40-27-38(21-19-34(40)7)24-33(6)18-20-39-28-45-43(11-2)35(8)26-44(45)41-22-23-42(32(4)5)31-47(12-3,46(29-39)36(9)25-41)30-37-16-14-13-15-17-37;1-2;/h1,3,13-17,19,21,26-27,29,36,41-42,44-46H,2,4,6,18,20,22-25,28,30-31H2,5,7-9H3;1-2H3;1H4/b39-29-;;/t36?,41?,42?,44?,45?,46?,47-;;/m0../s1. The maximum Gasteiger partial charge on any atom is 0.0423 e. The molecule has 3 aliphatic carbocycles. The average Bonchev–Trinajstić information content (AvgIpc) is 3.45. The lowest BCUT2D eigenvalue weighted by atomic mass is 9.61. The molecular weight excluding hydrogens is 601 g/mol. The highest BCUT2D eigenvalue weighted by Crippen LogP contribution is 2.54. The Kier molecular flexibility index (Phi) is 14.8. The van der Waals surface area contributed by atoms with Crippen molar-refractivity contribution in [2.24, 2.45) is 40.9 Å². The predicted molar refractivity (Wildman–Crippen MR) is 220 cm³/mol. The van der Waals surface area contributed by atoms with E-state index in [-0.39, 0.29) is 18.8 Å². The summed E-state index contributed by atoms with van der Waals surface area (Å²) in [4.78, 5) is 0. The second-order valence-electron chi connectivity index (χ2n) is 15.2. The summed E-state index contributed by atoms with van der Waals surface area (Å²) >= 11 is 0. The van der Waals surface area contributed by atoms with Gasteiger partial charge in [0.2, 0.25) is 0 Å². The van der Waals surface area contributed by atoms with Crippen LogP contribution < -0.4 is 0 Å².